The van der Waals surface area contributed by atoms with E-state index in [1.54, 1.807) is 4.90 Å². The molecule has 1 N–H and O–H groups in total. The Kier molecular flexibility index (Phi) is 5.61. The third-order valence-electron chi connectivity index (χ3n) is 5.23. The summed E-state index contributed by atoms with van der Waals surface area (Å²) in [5.74, 6) is 0. The highest BCUT2D eigenvalue weighted by molar-refractivity contribution is 5.79. The second kappa shape index (κ2) is 8.65. The summed E-state index contributed by atoms with van der Waals surface area (Å²) in [4.78, 5) is 1.61. The van der Waals surface area contributed by atoms with Gasteiger partial charge in [-0.2, -0.15) is 5.10 Å². The van der Waals surface area contributed by atoms with Gasteiger partial charge in [0, 0.05) is 11.1 Å². The zero-order valence-corrected chi connectivity index (χ0v) is 15.5. The van der Waals surface area contributed by atoms with Crippen LogP contribution in [0.3, 0.4) is 0 Å². The van der Waals surface area contributed by atoms with E-state index in [0.717, 1.165) is 31.7 Å². The smallest absolute Gasteiger partial charge is 0.139 e. The third kappa shape index (κ3) is 4.44. The first kappa shape index (κ1) is 17.5. The molecule has 1 heterocycles. The van der Waals surface area contributed by atoms with Crippen molar-refractivity contribution in [2.75, 3.05) is 26.2 Å². The standard InChI is InChI=1S/C24H25N3/c1-4-10-21(11-5-1)20-25-27-18-16-26(17-19-27)24(22-12-6-2-7-13-22)23-14-8-3-9-15-23/h1-15,20,24H,16-19H2/p+1/b25-20-. The van der Waals surface area contributed by atoms with Gasteiger partial charge in [-0.25, -0.2) is 0 Å². The van der Waals surface area contributed by atoms with E-state index in [0.29, 0.717) is 6.04 Å². The summed E-state index contributed by atoms with van der Waals surface area (Å²) in [6.07, 6.45) is 1.97. The molecule has 0 radical (unpaired) electrons. The van der Waals surface area contributed by atoms with Crippen molar-refractivity contribution in [3.63, 3.8) is 0 Å². The first-order valence-electron chi connectivity index (χ1n) is 9.68. The van der Waals surface area contributed by atoms with Gasteiger partial charge in [-0.15, -0.1) is 0 Å². The van der Waals surface area contributed by atoms with Gasteiger partial charge in [0.05, 0.1) is 32.4 Å². The summed E-state index contributed by atoms with van der Waals surface area (Å²) in [5.41, 5.74) is 3.93. The van der Waals surface area contributed by atoms with Gasteiger partial charge in [-0.1, -0.05) is 91.0 Å². The monoisotopic (exact) mass is 356 g/mol. The topological polar surface area (TPSA) is 20.0 Å². The molecule has 3 aromatic carbocycles. The summed E-state index contributed by atoms with van der Waals surface area (Å²) in [5, 5.41) is 6.89. The Morgan fingerprint density at radius 1 is 0.704 bits per heavy atom. The normalized spacial score (nSPS) is 15.5. The van der Waals surface area contributed by atoms with E-state index in [2.05, 4.69) is 82.9 Å². The molecular formula is C24H26N3+. The molecular weight excluding hydrogens is 330 g/mol. The zero-order chi connectivity index (χ0) is 18.3. The van der Waals surface area contributed by atoms with E-state index in [1.165, 1.54) is 11.1 Å². The first-order valence-corrected chi connectivity index (χ1v) is 9.68. The summed E-state index contributed by atoms with van der Waals surface area (Å²) in [6.45, 7) is 4.13. The summed E-state index contributed by atoms with van der Waals surface area (Å²) >= 11 is 0. The van der Waals surface area contributed by atoms with E-state index in [-0.39, 0.29) is 0 Å². The maximum absolute atomic E-state index is 4.69. The van der Waals surface area contributed by atoms with Crippen molar-refractivity contribution >= 4 is 6.21 Å². The molecule has 1 aliphatic heterocycles. The number of hydrogen-bond donors (Lipinski definition) is 1. The van der Waals surface area contributed by atoms with Crippen molar-refractivity contribution in [3.05, 3.63) is 108 Å². The second-order valence-corrected chi connectivity index (χ2v) is 7.02. The van der Waals surface area contributed by atoms with Crippen LogP contribution in [0.5, 0.6) is 0 Å². The first-order chi connectivity index (χ1) is 13.4. The molecule has 0 amide bonds. The minimum absolute atomic E-state index is 0.382. The molecule has 1 aliphatic rings. The number of quaternary nitrogens is 1. The van der Waals surface area contributed by atoms with Crippen molar-refractivity contribution in [1.82, 2.24) is 5.01 Å². The van der Waals surface area contributed by atoms with Crippen molar-refractivity contribution in [3.8, 4) is 0 Å². The summed E-state index contributed by atoms with van der Waals surface area (Å²) in [6, 6.07) is 32.5. The van der Waals surface area contributed by atoms with Gasteiger partial charge < -0.3 is 4.90 Å². The minimum atomic E-state index is 0.382. The molecule has 0 aromatic heterocycles. The molecule has 136 valence electrons. The van der Waals surface area contributed by atoms with Gasteiger partial charge in [-0.05, 0) is 5.56 Å². The Labute approximate surface area is 161 Å². The Hall–Kier alpha value is -2.91. The Bertz CT molecular complexity index is 799. The number of hydrazone groups is 1. The van der Waals surface area contributed by atoms with Crippen LogP contribution in [0.2, 0.25) is 0 Å². The maximum Gasteiger partial charge on any atom is 0.139 e. The van der Waals surface area contributed by atoms with Gasteiger partial charge in [0.25, 0.3) is 0 Å². The van der Waals surface area contributed by atoms with Gasteiger partial charge >= 0.3 is 0 Å². The average Bonchev–Trinajstić information content (AvgIpc) is 2.76. The van der Waals surface area contributed by atoms with Gasteiger partial charge in [0.1, 0.15) is 6.04 Å². The lowest BCUT2D eigenvalue weighted by Gasteiger charge is -2.35. The Morgan fingerprint density at radius 2 is 1.19 bits per heavy atom. The molecule has 3 heteroatoms. The van der Waals surface area contributed by atoms with E-state index >= 15 is 0 Å². The van der Waals surface area contributed by atoms with Crippen molar-refractivity contribution in [1.29, 1.82) is 0 Å². The van der Waals surface area contributed by atoms with Gasteiger partial charge in [0.2, 0.25) is 0 Å². The number of rotatable bonds is 5. The van der Waals surface area contributed by atoms with Crippen LogP contribution < -0.4 is 4.90 Å². The zero-order valence-electron chi connectivity index (χ0n) is 15.5. The number of piperazine rings is 1. The van der Waals surface area contributed by atoms with E-state index in [1.807, 2.05) is 24.4 Å². The fourth-order valence-electron chi connectivity index (χ4n) is 3.83. The van der Waals surface area contributed by atoms with Gasteiger partial charge in [-0.3, -0.25) is 5.01 Å². The molecule has 0 aliphatic carbocycles. The number of benzene rings is 3. The van der Waals surface area contributed by atoms with Crippen LogP contribution in [0.15, 0.2) is 96.1 Å². The number of nitrogens with one attached hydrogen (secondary N) is 1. The van der Waals surface area contributed by atoms with Crippen LogP contribution in [-0.2, 0) is 0 Å². The highest BCUT2D eigenvalue weighted by Gasteiger charge is 2.29. The Morgan fingerprint density at radius 3 is 1.70 bits per heavy atom. The van der Waals surface area contributed by atoms with E-state index < -0.39 is 0 Å². The van der Waals surface area contributed by atoms with E-state index in [9.17, 15) is 0 Å². The lowest BCUT2D eigenvalue weighted by Crippen LogP contribution is -3.15. The highest BCUT2D eigenvalue weighted by atomic mass is 15.5. The van der Waals surface area contributed by atoms with Crippen LogP contribution in [0, 0.1) is 0 Å². The van der Waals surface area contributed by atoms with Crippen molar-refractivity contribution < 1.29 is 4.90 Å². The molecule has 27 heavy (non-hydrogen) atoms. The van der Waals surface area contributed by atoms with Crippen LogP contribution in [0.4, 0.5) is 0 Å². The lowest BCUT2D eigenvalue weighted by atomic mass is 9.96. The predicted molar refractivity (Wildman–Crippen MR) is 111 cm³/mol. The Balaban J connectivity index is 1.47. The molecule has 1 fully saturated rings. The molecule has 3 nitrogen and oxygen atoms in total. The van der Waals surface area contributed by atoms with E-state index in [4.69, 9.17) is 0 Å². The fourth-order valence-corrected chi connectivity index (χ4v) is 3.83. The molecule has 0 unspecified atom stereocenters. The molecule has 0 atom stereocenters. The molecule has 0 spiro atoms. The quantitative estimate of drug-likeness (QED) is 0.697. The largest absolute Gasteiger partial charge is 0.322 e. The highest BCUT2D eigenvalue weighted by Crippen LogP contribution is 2.19. The lowest BCUT2D eigenvalue weighted by molar-refractivity contribution is -0.929. The third-order valence-corrected chi connectivity index (χ3v) is 5.23. The van der Waals surface area contributed by atoms with Crippen LogP contribution in [-0.4, -0.2) is 37.4 Å². The molecule has 0 saturated carbocycles. The van der Waals surface area contributed by atoms with Crippen LogP contribution in [0.25, 0.3) is 0 Å². The minimum Gasteiger partial charge on any atom is -0.322 e. The predicted octanol–water partition coefficient (Wildman–Crippen LogP) is 3.01. The van der Waals surface area contributed by atoms with Crippen LogP contribution >= 0.6 is 0 Å². The summed E-state index contributed by atoms with van der Waals surface area (Å²) in [7, 11) is 0. The van der Waals surface area contributed by atoms with Crippen LogP contribution in [0.1, 0.15) is 22.7 Å². The molecule has 1 saturated heterocycles. The SMILES string of the molecule is C(=N/N1CC[NH+](C(c2ccccc2)c2ccccc2)CC1)/c1ccccc1. The second-order valence-electron chi connectivity index (χ2n) is 7.02. The molecule has 0 bridgehead atoms. The number of nitrogens with zero attached hydrogens (tertiary/aromatic N) is 2. The van der Waals surface area contributed by atoms with Crippen molar-refractivity contribution in [2.45, 2.75) is 6.04 Å². The fraction of sp³-hybridized carbons (Fsp3) is 0.208. The van der Waals surface area contributed by atoms with Gasteiger partial charge in [0.15, 0.2) is 0 Å². The molecule has 3 aromatic rings. The maximum atomic E-state index is 4.69. The summed E-state index contributed by atoms with van der Waals surface area (Å²) < 4.78 is 0. The van der Waals surface area contributed by atoms with Crippen molar-refractivity contribution in [2.24, 2.45) is 5.10 Å². The number of hydrogen-bond acceptors (Lipinski definition) is 2. The average molecular weight is 356 g/mol. The molecule has 4 rings (SSSR count).